The molecule has 0 aliphatic heterocycles. The average molecular weight is 307 g/mol. The fourth-order valence-electron chi connectivity index (χ4n) is 2.40. The number of fused-ring (bicyclic) bond motifs is 1. The fraction of sp³-hybridized carbons (Fsp3) is 0.167. The number of nitrogens with zero attached hydrogens (tertiary/aromatic N) is 2. The van der Waals surface area contributed by atoms with Crippen LogP contribution in [-0.4, -0.2) is 23.0 Å². The number of nitrogens with one attached hydrogen (secondary N) is 1. The highest BCUT2D eigenvalue weighted by atomic mass is 16.5. The minimum Gasteiger partial charge on any atom is -0.497 e. The molecule has 0 saturated carbocycles. The molecule has 3 rings (SSSR count). The molecule has 23 heavy (non-hydrogen) atoms. The highest BCUT2D eigenvalue weighted by Gasteiger charge is 2.13. The summed E-state index contributed by atoms with van der Waals surface area (Å²) < 4.78 is 5.20. The van der Waals surface area contributed by atoms with Gasteiger partial charge in [-0.2, -0.15) is 0 Å². The van der Waals surface area contributed by atoms with Gasteiger partial charge in [-0.3, -0.25) is 9.78 Å². The Bertz CT molecular complexity index is 891. The summed E-state index contributed by atoms with van der Waals surface area (Å²) in [6.45, 7) is 3.70. The van der Waals surface area contributed by atoms with E-state index < -0.39 is 0 Å². The van der Waals surface area contributed by atoms with Crippen molar-refractivity contribution in [1.29, 1.82) is 0 Å². The SMILES string of the molecule is COc1ccc2cc(C(=O)Nc3cccc(C)n3)c(C)nc2c1. The van der Waals surface area contributed by atoms with Crippen LogP contribution in [0, 0.1) is 13.8 Å². The quantitative estimate of drug-likeness (QED) is 0.804. The number of hydrogen-bond acceptors (Lipinski definition) is 4. The van der Waals surface area contributed by atoms with Gasteiger partial charge in [0.2, 0.25) is 0 Å². The highest BCUT2D eigenvalue weighted by molar-refractivity contribution is 6.06. The number of rotatable bonds is 3. The predicted octanol–water partition coefficient (Wildman–Crippen LogP) is 3.51. The van der Waals surface area contributed by atoms with Crippen LogP contribution in [0.5, 0.6) is 5.75 Å². The molecular weight excluding hydrogens is 290 g/mol. The molecule has 0 aliphatic rings. The Labute approximate surface area is 134 Å². The molecule has 5 heteroatoms. The molecule has 3 aromatic rings. The van der Waals surface area contributed by atoms with Gasteiger partial charge in [0, 0.05) is 17.1 Å². The van der Waals surface area contributed by atoms with Crippen molar-refractivity contribution in [2.24, 2.45) is 0 Å². The Morgan fingerprint density at radius 2 is 1.91 bits per heavy atom. The standard InChI is InChI=1S/C18H17N3O2/c1-11-5-4-6-17(19-11)21-18(22)15-9-13-7-8-14(23-3)10-16(13)20-12(15)2/h4-10H,1-3H3,(H,19,21,22). The Kier molecular flexibility index (Phi) is 3.93. The number of amides is 1. The van der Waals surface area contributed by atoms with Crippen LogP contribution in [0.2, 0.25) is 0 Å². The molecule has 1 amide bonds. The number of hydrogen-bond donors (Lipinski definition) is 1. The summed E-state index contributed by atoms with van der Waals surface area (Å²) in [5.74, 6) is 1.06. The van der Waals surface area contributed by atoms with E-state index in [1.54, 1.807) is 13.2 Å². The van der Waals surface area contributed by atoms with Crippen LogP contribution in [0.1, 0.15) is 21.7 Å². The largest absolute Gasteiger partial charge is 0.497 e. The number of carbonyl (C=O) groups excluding carboxylic acids is 1. The normalized spacial score (nSPS) is 10.6. The van der Waals surface area contributed by atoms with E-state index >= 15 is 0 Å². The number of anilines is 1. The Balaban J connectivity index is 1.95. The van der Waals surface area contributed by atoms with Gasteiger partial charge in [-0.05, 0) is 44.2 Å². The highest BCUT2D eigenvalue weighted by Crippen LogP contribution is 2.22. The van der Waals surface area contributed by atoms with E-state index in [9.17, 15) is 4.79 Å². The smallest absolute Gasteiger partial charge is 0.258 e. The van der Waals surface area contributed by atoms with E-state index in [0.29, 0.717) is 17.1 Å². The lowest BCUT2D eigenvalue weighted by Crippen LogP contribution is -2.15. The summed E-state index contributed by atoms with van der Waals surface area (Å²) in [6, 6.07) is 12.9. The lowest BCUT2D eigenvalue weighted by Gasteiger charge is -2.09. The topological polar surface area (TPSA) is 64.1 Å². The van der Waals surface area contributed by atoms with Crippen LogP contribution in [0.15, 0.2) is 42.5 Å². The van der Waals surface area contributed by atoms with Crippen LogP contribution in [0.4, 0.5) is 5.82 Å². The monoisotopic (exact) mass is 307 g/mol. The van der Waals surface area contributed by atoms with Gasteiger partial charge in [0.05, 0.1) is 23.9 Å². The summed E-state index contributed by atoms with van der Waals surface area (Å²) >= 11 is 0. The van der Waals surface area contributed by atoms with Gasteiger partial charge in [0.15, 0.2) is 0 Å². The fourth-order valence-corrected chi connectivity index (χ4v) is 2.40. The van der Waals surface area contributed by atoms with Crippen molar-refractivity contribution in [3.63, 3.8) is 0 Å². The van der Waals surface area contributed by atoms with E-state index in [-0.39, 0.29) is 5.91 Å². The van der Waals surface area contributed by atoms with E-state index in [2.05, 4.69) is 15.3 Å². The molecule has 0 unspecified atom stereocenters. The third-order valence-electron chi connectivity index (χ3n) is 3.59. The number of benzene rings is 1. The predicted molar refractivity (Wildman–Crippen MR) is 90.0 cm³/mol. The third-order valence-corrected chi connectivity index (χ3v) is 3.59. The Hall–Kier alpha value is -2.95. The molecule has 0 radical (unpaired) electrons. The summed E-state index contributed by atoms with van der Waals surface area (Å²) in [6.07, 6.45) is 0. The maximum absolute atomic E-state index is 12.5. The molecule has 0 saturated heterocycles. The van der Waals surface area contributed by atoms with Crippen molar-refractivity contribution in [3.8, 4) is 5.75 Å². The van der Waals surface area contributed by atoms with Crippen LogP contribution in [-0.2, 0) is 0 Å². The number of aromatic nitrogens is 2. The molecule has 0 fully saturated rings. The first-order valence-corrected chi connectivity index (χ1v) is 7.27. The Morgan fingerprint density at radius 3 is 2.65 bits per heavy atom. The second-order valence-electron chi connectivity index (χ2n) is 5.30. The lowest BCUT2D eigenvalue weighted by atomic mass is 10.1. The zero-order valence-electron chi connectivity index (χ0n) is 13.3. The third kappa shape index (κ3) is 3.13. The van der Waals surface area contributed by atoms with Crippen LogP contribution in [0.3, 0.4) is 0 Å². The minimum absolute atomic E-state index is 0.217. The van der Waals surface area contributed by atoms with Gasteiger partial charge in [0.1, 0.15) is 11.6 Å². The number of pyridine rings is 2. The van der Waals surface area contributed by atoms with Crippen LogP contribution < -0.4 is 10.1 Å². The zero-order chi connectivity index (χ0) is 16.4. The summed E-state index contributed by atoms with van der Waals surface area (Å²) in [4.78, 5) is 21.3. The van der Waals surface area contributed by atoms with Gasteiger partial charge in [-0.1, -0.05) is 6.07 Å². The lowest BCUT2D eigenvalue weighted by molar-refractivity contribution is 0.102. The second-order valence-corrected chi connectivity index (χ2v) is 5.30. The van der Waals surface area contributed by atoms with Gasteiger partial charge < -0.3 is 10.1 Å². The number of ether oxygens (including phenoxy) is 1. The zero-order valence-corrected chi connectivity index (χ0v) is 13.3. The van der Waals surface area contributed by atoms with Gasteiger partial charge in [0.25, 0.3) is 5.91 Å². The van der Waals surface area contributed by atoms with Crippen molar-refractivity contribution >= 4 is 22.6 Å². The molecule has 2 aromatic heterocycles. The summed E-state index contributed by atoms with van der Waals surface area (Å²) in [7, 11) is 1.62. The summed E-state index contributed by atoms with van der Waals surface area (Å²) in [5, 5.41) is 3.70. The van der Waals surface area contributed by atoms with Crippen molar-refractivity contribution in [1.82, 2.24) is 9.97 Å². The van der Waals surface area contributed by atoms with E-state index in [1.807, 2.05) is 50.2 Å². The maximum atomic E-state index is 12.5. The van der Waals surface area contributed by atoms with Crippen LogP contribution >= 0.6 is 0 Å². The van der Waals surface area contributed by atoms with Crippen molar-refractivity contribution in [2.45, 2.75) is 13.8 Å². The molecular formula is C18H17N3O2. The molecule has 2 heterocycles. The van der Waals surface area contributed by atoms with Crippen molar-refractivity contribution in [2.75, 3.05) is 12.4 Å². The number of carbonyl (C=O) groups is 1. The molecule has 0 aliphatic carbocycles. The summed E-state index contributed by atoms with van der Waals surface area (Å²) in [5.41, 5.74) is 2.84. The van der Waals surface area contributed by atoms with Gasteiger partial charge >= 0.3 is 0 Å². The van der Waals surface area contributed by atoms with Gasteiger partial charge in [-0.25, -0.2) is 4.98 Å². The molecule has 1 aromatic carbocycles. The molecule has 0 atom stereocenters. The number of methoxy groups -OCH3 is 1. The first-order valence-electron chi connectivity index (χ1n) is 7.27. The maximum Gasteiger partial charge on any atom is 0.258 e. The van der Waals surface area contributed by atoms with Crippen LogP contribution in [0.25, 0.3) is 10.9 Å². The number of aryl methyl sites for hydroxylation is 2. The minimum atomic E-state index is -0.217. The molecule has 1 N–H and O–H groups in total. The average Bonchev–Trinajstić information content (AvgIpc) is 2.53. The Morgan fingerprint density at radius 1 is 1.09 bits per heavy atom. The molecule has 0 bridgehead atoms. The van der Waals surface area contributed by atoms with E-state index in [1.165, 1.54) is 0 Å². The van der Waals surface area contributed by atoms with Crippen molar-refractivity contribution in [3.05, 3.63) is 59.4 Å². The van der Waals surface area contributed by atoms with Gasteiger partial charge in [-0.15, -0.1) is 0 Å². The second kappa shape index (κ2) is 6.04. The first-order chi connectivity index (χ1) is 11.1. The van der Waals surface area contributed by atoms with E-state index in [4.69, 9.17) is 4.74 Å². The molecule has 116 valence electrons. The van der Waals surface area contributed by atoms with E-state index in [0.717, 1.165) is 22.3 Å². The first kappa shape index (κ1) is 15.0. The molecule has 0 spiro atoms. The molecule has 5 nitrogen and oxygen atoms in total. The van der Waals surface area contributed by atoms with Crippen molar-refractivity contribution < 1.29 is 9.53 Å².